The average molecular weight is 173 g/mol. The Morgan fingerprint density at radius 3 is 2.75 bits per heavy atom. The van der Waals surface area contributed by atoms with E-state index in [2.05, 4.69) is 4.98 Å². The minimum Gasteiger partial charge on any atom is -0.264 e. The summed E-state index contributed by atoms with van der Waals surface area (Å²) in [5, 5.41) is 2.55. The normalized spacial score (nSPS) is 10.4. The van der Waals surface area contributed by atoms with Gasteiger partial charge in [-0.15, -0.1) is 0 Å². The molecular formula is C9H5BClN. The molecule has 0 aliphatic rings. The van der Waals surface area contributed by atoms with Crippen LogP contribution in [-0.2, 0) is 0 Å². The van der Waals surface area contributed by atoms with Crippen molar-refractivity contribution < 1.29 is 0 Å². The molecule has 0 saturated carbocycles. The number of pyridine rings is 1. The van der Waals surface area contributed by atoms with Crippen molar-refractivity contribution in [3.05, 3.63) is 35.6 Å². The van der Waals surface area contributed by atoms with Crippen molar-refractivity contribution in [2.24, 2.45) is 0 Å². The van der Waals surface area contributed by atoms with Crippen LogP contribution >= 0.6 is 11.6 Å². The Balaban J connectivity index is 2.95. The number of halogens is 1. The molecular weight excluding hydrogens is 168 g/mol. The van der Waals surface area contributed by atoms with Gasteiger partial charge >= 0.3 is 0 Å². The fraction of sp³-hybridized carbons (Fsp3) is 0. The number of nitrogens with zero attached hydrogens (tertiary/aromatic N) is 1. The predicted octanol–water partition coefficient (Wildman–Crippen LogP) is 1.68. The number of hydrogen-bond donors (Lipinski definition) is 0. The van der Waals surface area contributed by atoms with Gasteiger partial charge in [-0.25, -0.2) is 0 Å². The van der Waals surface area contributed by atoms with Crippen molar-refractivity contribution in [1.82, 2.24) is 4.98 Å². The highest BCUT2D eigenvalue weighted by Crippen LogP contribution is 2.19. The maximum atomic E-state index is 5.93. The number of benzene rings is 1. The summed E-state index contributed by atoms with van der Waals surface area (Å²) in [4.78, 5) is 3.97. The summed E-state index contributed by atoms with van der Waals surface area (Å²) in [5.41, 5.74) is 0.733. The Morgan fingerprint density at radius 2 is 2.00 bits per heavy atom. The lowest BCUT2D eigenvalue weighted by atomic mass is 9.91. The molecule has 0 spiro atoms. The highest BCUT2D eigenvalue weighted by Gasteiger charge is 1.99. The number of fused-ring (bicyclic) bond motifs is 1. The van der Waals surface area contributed by atoms with E-state index in [1.54, 1.807) is 24.5 Å². The van der Waals surface area contributed by atoms with Crippen LogP contribution in [0.4, 0.5) is 0 Å². The molecule has 1 heterocycles. The van der Waals surface area contributed by atoms with E-state index in [1.807, 2.05) is 6.07 Å². The lowest BCUT2D eigenvalue weighted by molar-refractivity contribution is 1.37. The van der Waals surface area contributed by atoms with Crippen LogP contribution in [0.5, 0.6) is 0 Å². The van der Waals surface area contributed by atoms with Gasteiger partial charge in [0.05, 0.1) is 0 Å². The molecule has 0 aliphatic heterocycles. The third kappa shape index (κ3) is 1.08. The van der Waals surface area contributed by atoms with Gasteiger partial charge in [0.15, 0.2) is 0 Å². The second-order valence-corrected chi connectivity index (χ2v) is 2.97. The van der Waals surface area contributed by atoms with Crippen molar-refractivity contribution in [2.75, 3.05) is 0 Å². The molecule has 0 aliphatic carbocycles. The van der Waals surface area contributed by atoms with Gasteiger partial charge in [-0.05, 0) is 17.5 Å². The van der Waals surface area contributed by atoms with E-state index in [9.17, 15) is 0 Å². The number of hydrogen-bond acceptors (Lipinski definition) is 1. The summed E-state index contributed by atoms with van der Waals surface area (Å²) >= 11 is 5.93. The minimum atomic E-state index is 0.687. The number of aromatic nitrogens is 1. The molecule has 0 bridgehead atoms. The molecule has 56 valence electrons. The summed E-state index contributed by atoms with van der Waals surface area (Å²) in [6.45, 7) is 0. The summed E-state index contributed by atoms with van der Waals surface area (Å²) in [7, 11) is 5.74. The van der Waals surface area contributed by atoms with Crippen molar-refractivity contribution in [2.45, 2.75) is 0 Å². The predicted molar refractivity (Wildman–Crippen MR) is 52.1 cm³/mol. The van der Waals surface area contributed by atoms with Crippen LogP contribution < -0.4 is 5.46 Å². The zero-order valence-electron chi connectivity index (χ0n) is 6.29. The largest absolute Gasteiger partial charge is 0.264 e. The zero-order valence-corrected chi connectivity index (χ0v) is 7.05. The van der Waals surface area contributed by atoms with Gasteiger partial charge in [0, 0.05) is 22.8 Å². The maximum Gasteiger partial charge on any atom is 0.114 e. The Labute approximate surface area is 76.8 Å². The van der Waals surface area contributed by atoms with Crippen LogP contribution in [0.2, 0.25) is 5.02 Å². The Morgan fingerprint density at radius 1 is 1.17 bits per heavy atom. The van der Waals surface area contributed by atoms with E-state index >= 15 is 0 Å². The molecule has 0 unspecified atom stereocenters. The van der Waals surface area contributed by atoms with E-state index in [1.165, 1.54) is 0 Å². The molecule has 2 aromatic rings. The molecule has 2 rings (SSSR count). The van der Waals surface area contributed by atoms with E-state index in [-0.39, 0.29) is 0 Å². The molecule has 0 saturated heterocycles. The van der Waals surface area contributed by atoms with Gasteiger partial charge < -0.3 is 0 Å². The topological polar surface area (TPSA) is 12.9 Å². The fourth-order valence-electron chi connectivity index (χ4n) is 1.18. The summed E-state index contributed by atoms with van der Waals surface area (Å²) in [5.74, 6) is 0. The summed E-state index contributed by atoms with van der Waals surface area (Å²) < 4.78 is 0. The van der Waals surface area contributed by atoms with Gasteiger partial charge in [0.25, 0.3) is 0 Å². The molecule has 3 heteroatoms. The zero-order chi connectivity index (χ0) is 8.55. The molecule has 1 nitrogen and oxygen atoms in total. The van der Waals surface area contributed by atoms with Gasteiger partial charge in [0.1, 0.15) is 7.85 Å². The molecule has 0 atom stereocenters. The van der Waals surface area contributed by atoms with Crippen molar-refractivity contribution in [3.8, 4) is 0 Å². The molecule has 2 radical (unpaired) electrons. The molecule has 1 aromatic carbocycles. The molecule has 0 amide bonds. The van der Waals surface area contributed by atoms with Gasteiger partial charge in [-0.1, -0.05) is 23.1 Å². The first-order valence-electron chi connectivity index (χ1n) is 3.57. The number of rotatable bonds is 0. The summed E-state index contributed by atoms with van der Waals surface area (Å²) in [6.07, 6.45) is 3.42. The smallest absolute Gasteiger partial charge is 0.114 e. The van der Waals surface area contributed by atoms with Crippen LogP contribution in [0.25, 0.3) is 10.8 Å². The van der Waals surface area contributed by atoms with Gasteiger partial charge in [0.2, 0.25) is 0 Å². The Hall–Kier alpha value is -1.02. The van der Waals surface area contributed by atoms with Crippen LogP contribution in [0.15, 0.2) is 30.6 Å². The maximum absolute atomic E-state index is 5.93. The van der Waals surface area contributed by atoms with Crippen molar-refractivity contribution >= 4 is 35.7 Å². The Kier molecular flexibility index (Phi) is 1.78. The first-order chi connectivity index (χ1) is 5.79. The second-order valence-electron chi connectivity index (χ2n) is 2.56. The SMILES string of the molecule is [B]c1ccc(Cl)c2cnccc12. The van der Waals surface area contributed by atoms with E-state index in [0.717, 1.165) is 16.2 Å². The summed E-state index contributed by atoms with van der Waals surface area (Å²) in [6, 6.07) is 5.43. The standard InChI is InChI=1S/C9H5BClN/c10-8-1-2-9(11)7-5-12-4-3-6(7)8/h1-5H. The van der Waals surface area contributed by atoms with E-state index < -0.39 is 0 Å². The average Bonchev–Trinajstić information content (AvgIpc) is 2.12. The monoisotopic (exact) mass is 173 g/mol. The van der Waals surface area contributed by atoms with Crippen LogP contribution in [0.3, 0.4) is 0 Å². The quantitative estimate of drug-likeness (QED) is 0.553. The fourth-order valence-corrected chi connectivity index (χ4v) is 1.39. The lowest BCUT2D eigenvalue weighted by Crippen LogP contribution is -2.02. The Bertz CT molecular complexity index is 387. The highest BCUT2D eigenvalue weighted by molar-refractivity contribution is 6.42. The first-order valence-corrected chi connectivity index (χ1v) is 3.94. The van der Waals surface area contributed by atoms with E-state index in [0.29, 0.717) is 5.02 Å². The lowest BCUT2D eigenvalue weighted by Gasteiger charge is -2.02. The van der Waals surface area contributed by atoms with Crippen molar-refractivity contribution in [3.63, 3.8) is 0 Å². The highest BCUT2D eigenvalue weighted by atomic mass is 35.5. The minimum absolute atomic E-state index is 0.687. The second kappa shape index (κ2) is 2.79. The molecule has 1 aromatic heterocycles. The van der Waals surface area contributed by atoms with Crippen molar-refractivity contribution in [1.29, 1.82) is 0 Å². The molecule has 0 fully saturated rings. The van der Waals surface area contributed by atoms with Crippen LogP contribution in [0.1, 0.15) is 0 Å². The van der Waals surface area contributed by atoms with Gasteiger partial charge in [-0.2, -0.15) is 0 Å². The third-order valence-electron chi connectivity index (χ3n) is 1.80. The van der Waals surface area contributed by atoms with Crippen LogP contribution in [0, 0.1) is 0 Å². The first kappa shape index (κ1) is 7.62. The van der Waals surface area contributed by atoms with E-state index in [4.69, 9.17) is 19.4 Å². The molecule has 0 N–H and O–H groups in total. The molecule has 12 heavy (non-hydrogen) atoms. The van der Waals surface area contributed by atoms with Gasteiger partial charge in [-0.3, -0.25) is 4.98 Å². The van der Waals surface area contributed by atoms with Crippen LogP contribution in [-0.4, -0.2) is 12.8 Å². The third-order valence-corrected chi connectivity index (χ3v) is 2.13.